The zero-order valence-corrected chi connectivity index (χ0v) is 19.1. The molecule has 7 nitrogen and oxygen atoms in total. The van der Waals surface area contributed by atoms with Gasteiger partial charge in [-0.2, -0.15) is 0 Å². The number of guanidine groups is 1. The highest BCUT2D eigenvalue weighted by atomic mass is 16.5. The Kier molecular flexibility index (Phi) is 10.5. The van der Waals surface area contributed by atoms with Gasteiger partial charge in [0.25, 0.3) is 0 Å². The maximum absolute atomic E-state index is 11.6. The van der Waals surface area contributed by atoms with Crippen LogP contribution >= 0.6 is 0 Å². The van der Waals surface area contributed by atoms with E-state index in [0.717, 1.165) is 63.8 Å². The minimum Gasteiger partial charge on any atom is -0.494 e. The van der Waals surface area contributed by atoms with Crippen LogP contribution in [0.15, 0.2) is 29.3 Å². The lowest BCUT2D eigenvalue weighted by Crippen LogP contribution is -2.46. The van der Waals surface area contributed by atoms with Gasteiger partial charge in [0, 0.05) is 39.6 Å². The number of aliphatic imine (C=N–C) groups is 1. The number of benzene rings is 1. The van der Waals surface area contributed by atoms with Gasteiger partial charge < -0.3 is 25.2 Å². The van der Waals surface area contributed by atoms with Gasteiger partial charge in [-0.3, -0.25) is 4.79 Å². The Morgan fingerprint density at radius 2 is 1.93 bits per heavy atom. The van der Waals surface area contributed by atoms with Crippen LogP contribution in [-0.2, 0) is 11.3 Å². The van der Waals surface area contributed by atoms with E-state index in [4.69, 9.17) is 9.73 Å². The number of piperidine rings is 1. The summed E-state index contributed by atoms with van der Waals surface area (Å²) in [7, 11) is 5.85. The number of amides is 1. The van der Waals surface area contributed by atoms with Gasteiger partial charge in [-0.25, -0.2) is 4.99 Å². The van der Waals surface area contributed by atoms with Crippen molar-refractivity contribution in [1.29, 1.82) is 0 Å². The van der Waals surface area contributed by atoms with Crippen molar-refractivity contribution in [3.63, 3.8) is 0 Å². The third-order valence-electron chi connectivity index (χ3n) is 5.36. The first-order chi connectivity index (χ1) is 14.5. The topological polar surface area (TPSA) is 69.2 Å². The van der Waals surface area contributed by atoms with Gasteiger partial charge in [-0.15, -0.1) is 0 Å². The Morgan fingerprint density at radius 1 is 1.23 bits per heavy atom. The number of ether oxygens (including phenoxy) is 1. The van der Waals surface area contributed by atoms with E-state index < -0.39 is 0 Å². The van der Waals surface area contributed by atoms with Crippen LogP contribution in [0.2, 0.25) is 0 Å². The minimum absolute atomic E-state index is 0.138. The summed E-state index contributed by atoms with van der Waals surface area (Å²) in [4.78, 5) is 20.9. The van der Waals surface area contributed by atoms with E-state index in [1.807, 2.05) is 12.1 Å². The zero-order chi connectivity index (χ0) is 21.8. The maximum atomic E-state index is 11.6. The number of hydrogen-bond acceptors (Lipinski definition) is 4. The van der Waals surface area contributed by atoms with Crippen LogP contribution in [0.3, 0.4) is 0 Å². The summed E-state index contributed by atoms with van der Waals surface area (Å²) in [5.41, 5.74) is 1.17. The average molecular weight is 418 g/mol. The van der Waals surface area contributed by atoms with Crippen LogP contribution in [0.4, 0.5) is 0 Å². The van der Waals surface area contributed by atoms with E-state index in [0.29, 0.717) is 18.9 Å². The molecular formula is C23H39N5O2. The summed E-state index contributed by atoms with van der Waals surface area (Å²) in [6, 6.07) is 8.23. The Hall–Kier alpha value is -2.28. The SMILES string of the molecule is CCNC(=NCc1ccc(OCCCN(C)C)cc1)N1CCC(CC(=O)NC)CC1. The summed E-state index contributed by atoms with van der Waals surface area (Å²) in [6.45, 7) is 7.22. The predicted molar refractivity (Wildman–Crippen MR) is 123 cm³/mol. The van der Waals surface area contributed by atoms with Crippen molar-refractivity contribution >= 4 is 11.9 Å². The summed E-state index contributed by atoms with van der Waals surface area (Å²) in [5, 5.41) is 6.14. The standard InChI is InChI=1S/C23H39N5O2/c1-5-25-23(28-14-11-19(12-15-28)17-22(29)24-2)26-18-20-7-9-21(10-8-20)30-16-6-13-27(3)4/h7-10,19H,5-6,11-18H2,1-4H3,(H,24,29)(H,25,26). The van der Waals surface area contributed by atoms with Crippen LogP contribution in [0.25, 0.3) is 0 Å². The summed E-state index contributed by atoms with van der Waals surface area (Å²) in [6.07, 6.45) is 3.70. The summed E-state index contributed by atoms with van der Waals surface area (Å²) >= 11 is 0. The highest BCUT2D eigenvalue weighted by Crippen LogP contribution is 2.21. The maximum Gasteiger partial charge on any atom is 0.220 e. The molecule has 0 unspecified atom stereocenters. The lowest BCUT2D eigenvalue weighted by Gasteiger charge is -2.34. The number of carbonyl (C=O) groups is 1. The lowest BCUT2D eigenvalue weighted by molar-refractivity contribution is -0.121. The fourth-order valence-electron chi connectivity index (χ4n) is 3.57. The minimum atomic E-state index is 0.138. The van der Waals surface area contributed by atoms with E-state index in [-0.39, 0.29) is 5.91 Å². The molecule has 2 rings (SSSR count). The number of rotatable bonds is 10. The van der Waals surface area contributed by atoms with Crippen molar-refractivity contribution < 1.29 is 9.53 Å². The molecule has 30 heavy (non-hydrogen) atoms. The van der Waals surface area contributed by atoms with Crippen LogP contribution in [0.5, 0.6) is 5.75 Å². The van der Waals surface area contributed by atoms with Crippen molar-refractivity contribution in [1.82, 2.24) is 20.4 Å². The number of nitrogens with one attached hydrogen (secondary N) is 2. The molecule has 1 aromatic rings. The van der Waals surface area contributed by atoms with Gasteiger partial charge in [0.1, 0.15) is 5.75 Å². The number of likely N-dealkylation sites (tertiary alicyclic amines) is 1. The molecule has 0 atom stereocenters. The van der Waals surface area contributed by atoms with E-state index in [2.05, 4.69) is 53.6 Å². The van der Waals surface area contributed by atoms with E-state index >= 15 is 0 Å². The average Bonchev–Trinajstić information content (AvgIpc) is 2.75. The second-order valence-electron chi connectivity index (χ2n) is 8.13. The van der Waals surface area contributed by atoms with Crippen molar-refractivity contribution in [3.8, 4) is 5.75 Å². The van der Waals surface area contributed by atoms with Crippen LogP contribution < -0.4 is 15.4 Å². The molecule has 7 heteroatoms. The van der Waals surface area contributed by atoms with Crippen LogP contribution in [-0.4, -0.2) is 75.6 Å². The highest BCUT2D eigenvalue weighted by Gasteiger charge is 2.23. The van der Waals surface area contributed by atoms with Crippen molar-refractivity contribution in [2.24, 2.45) is 10.9 Å². The van der Waals surface area contributed by atoms with Gasteiger partial charge in [-0.05, 0) is 63.9 Å². The summed E-state index contributed by atoms with van der Waals surface area (Å²) in [5.74, 6) is 2.47. The van der Waals surface area contributed by atoms with Gasteiger partial charge in [0.15, 0.2) is 5.96 Å². The molecule has 0 radical (unpaired) electrons. The Morgan fingerprint density at radius 3 is 2.53 bits per heavy atom. The van der Waals surface area contributed by atoms with E-state index in [9.17, 15) is 4.79 Å². The fraction of sp³-hybridized carbons (Fsp3) is 0.652. The molecule has 0 saturated carbocycles. The first-order valence-electron chi connectivity index (χ1n) is 11.1. The number of carbonyl (C=O) groups excluding carboxylic acids is 1. The van der Waals surface area contributed by atoms with E-state index in [1.54, 1.807) is 7.05 Å². The highest BCUT2D eigenvalue weighted by molar-refractivity contribution is 5.80. The van der Waals surface area contributed by atoms with Gasteiger partial charge in [0.2, 0.25) is 5.91 Å². The molecule has 0 spiro atoms. The quantitative estimate of drug-likeness (QED) is 0.347. The van der Waals surface area contributed by atoms with Gasteiger partial charge in [-0.1, -0.05) is 12.1 Å². The first-order valence-corrected chi connectivity index (χ1v) is 11.1. The van der Waals surface area contributed by atoms with Gasteiger partial charge >= 0.3 is 0 Å². The largest absolute Gasteiger partial charge is 0.494 e. The molecule has 1 fully saturated rings. The van der Waals surface area contributed by atoms with Crippen molar-refractivity contribution in [2.75, 3.05) is 53.9 Å². The predicted octanol–water partition coefficient (Wildman–Crippen LogP) is 2.33. The fourth-order valence-corrected chi connectivity index (χ4v) is 3.57. The molecule has 0 bridgehead atoms. The molecular weight excluding hydrogens is 378 g/mol. The second-order valence-corrected chi connectivity index (χ2v) is 8.13. The number of hydrogen-bond donors (Lipinski definition) is 2. The number of nitrogens with zero attached hydrogens (tertiary/aromatic N) is 3. The monoisotopic (exact) mass is 417 g/mol. The van der Waals surface area contributed by atoms with Crippen LogP contribution in [0, 0.1) is 5.92 Å². The first kappa shape index (κ1) is 24.0. The lowest BCUT2D eigenvalue weighted by atomic mass is 9.93. The van der Waals surface area contributed by atoms with Gasteiger partial charge in [0.05, 0.1) is 13.2 Å². The van der Waals surface area contributed by atoms with Crippen LogP contribution in [0.1, 0.15) is 38.2 Å². The molecule has 1 saturated heterocycles. The third-order valence-corrected chi connectivity index (χ3v) is 5.36. The molecule has 1 aliphatic heterocycles. The smallest absolute Gasteiger partial charge is 0.220 e. The molecule has 0 aliphatic carbocycles. The second kappa shape index (κ2) is 13.1. The molecule has 1 heterocycles. The molecule has 1 amide bonds. The molecule has 0 aromatic heterocycles. The Balaban J connectivity index is 1.83. The summed E-state index contributed by atoms with van der Waals surface area (Å²) < 4.78 is 5.80. The zero-order valence-electron chi connectivity index (χ0n) is 19.1. The van der Waals surface area contributed by atoms with Crippen molar-refractivity contribution in [2.45, 2.75) is 39.2 Å². The molecule has 1 aliphatic rings. The van der Waals surface area contributed by atoms with E-state index in [1.165, 1.54) is 5.56 Å². The van der Waals surface area contributed by atoms with Crippen molar-refractivity contribution in [3.05, 3.63) is 29.8 Å². The molecule has 168 valence electrons. The third kappa shape index (κ3) is 8.61. The Bertz CT molecular complexity index is 652. The molecule has 1 aromatic carbocycles. The Labute approximate surface area is 181 Å². The normalized spacial score (nSPS) is 15.4. The molecule has 2 N–H and O–H groups in total.